The number of nitrogens with one attached hydrogen (secondary N) is 1. The molecule has 0 radical (unpaired) electrons. The van der Waals surface area contributed by atoms with Crippen molar-refractivity contribution in [2.24, 2.45) is 0 Å². The number of nitrogens with zero attached hydrogens (tertiary/aromatic N) is 1. The van der Waals surface area contributed by atoms with E-state index in [1.807, 2.05) is 36.4 Å². The topological polar surface area (TPSA) is 52.9 Å². The van der Waals surface area contributed by atoms with E-state index in [1.54, 1.807) is 23.9 Å². The highest BCUT2D eigenvalue weighted by Gasteiger charge is 2.01. The van der Waals surface area contributed by atoms with Gasteiger partial charge in [-0.25, -0.2) is 0 Å². The Morgan fingerprint density at radius 2 is 1.65 bits per heavy atom. The summed E-state index contributed by atoms with van der Waals surface area (Å²) in [5, 5.41) is 11.4. The number of halogens is 1. The molecule has 2 rings (SSSR count). The molecule has 20 heavy (non-hydrogen) atoms. The van der Waals surface area contributed by atoms with Gasteiger partial charge in [-0.1, -0.05) is 11.8 Å². The summed E-state index contributed by atoms with van der Waals surface area (Å²) in [5.41, 5.74) is 1.37. The average Bonchev–Trinajstić information content (AvgIpc) is 2.50. The van der Waals surface area contributed by atoms with E-state index < -0.39 is 0 Å². The molecule has 0 bridgehead atoms. The molecule has 1 amide bonds. The zero-order valence-electron chi connectivity index (χ0n) is 10.5. The van der Waals surface area contributed by atoms with Crippen molar-refractivity contribution >= 4 is 35.0 Å². The third-order valence-corrected chi connectivity index (χ3v) is 3.74. The van der Waals surface area contributed by atoms with Gasteiger partial charge in [-0.05, 0) is 48.5 Å². The molecule has 0 heterocycles. The van der Waals surface area contributed by atoms with Crippen molar-refractivity contribution in [2.45, 2.75) is 9.79 Å². The lowest BCUT2D eigenvalue weighted by atomic mass is 10.2. The van der Waals surface area contributed by atoms with Gasteiger partial charge < -0.3 is 5.32 Å². The first kappa shape index (κ1) is 14.4. The fourth-order valence-corrected chi connectivity index (χ4v) is 2.42. The van der Waals surface area contributed by atoms with Crippen molar-refractivity contribution in [2.75, 3.05) is 11.2 Å². The van der Waals surface area contributed by atoms with Gasteiger partial charge in [0.15, 0.2) is 0 Å². The maximum Gasteiger partial charge on any atom is 0.239 e. The van der Waals surface area contributed by atoms with E-state index in [2.05, 4.69) is 11.4 Å². The molecule has 0 unspecified atom stereocenters. The Labute approximate surface area is 126 Å². The molecule has 0 saturated heterocycles. The van der Waals surface area contributed by atoms with Crippen LogP contribution in [0.4, 0.5) is 5.69 Å². The number of amides is 1. The second-order valence-corrected chi connectivity index (χ2v) is 5.36. The van der Waals surface area contributed by atoms with Crippen molar-refractivity contribution in [1.82, 2.24) is 0 Å². The summed E-state index contributed by atoms with van der Waals surface area (Å²) in [6, 6.07) is 17.0. The maximum absolute atomic E-state index is 11.1. The predicted octanol–water partition coefficient (Wildman–Crippen LogP) is 3.89. The summed E-state index contributed by atoms with van der Waals surface area (Å²) < 4.78 is 0. The Balaban J connectivity index is 2.03. The van der Waals surface area contributed by atoms with Crippen LogP contribution in [0.5, 0.6) is 0 Å². The Kier molecular flexibility index (Phi) is 5.05. The van der Waals surface area contributed by atoms with Crippen LogP contribution in [0, 0.1) is 11.3 Å². The Bertz CT molecular complexity index is 632. The second kappa shape index (κ2) is 6.99. The lowest BCUT2D eigenvalue weighted by Gasteiger charge is -2.05. The SMILES string of the molecule is N#Cc1ccc(Sc2ccc(NC(=O)CCl)cc2)cc1. The molecule has 0 saturated carbocycles. The largest absolute Gasteiger partial charge is 0.325 e. The van der Waals surface area contributed by atoms with E-state index >= 15 is 0 Å². The van der Waals surface area contributed by atoms with E-state index in [0.717, 1.165) is 15.5 Å². The molecule has 3 nitrogen and oxygen atoms in total. The average molecular weight is 303 g/mol. The molecule has 0 aliphatic rings. The summed E-state index contributed by atoms with van der Waals surface area (Å²) in [7, 11) is 0. The zero-order chi connectivity index (χ0) is 14.4. The van der Waals surface area contributed by atoms with Gasteiger partial charge in [-0.15, -0.1) is 11.6 Å². The highest BCUT2D eigenvalue weighted by atomic mass is 35.5. The van der Waals surface area contributed by atoms with Crippen molar-refractivity contribution in [1.29, 1.82) is 5.26 Å². The fraction of sp³-hybridized carbons (Fsp3) is 0.0667. The summed E-state index contributed by atoms with van der Waals surface area (Å²) >= 11 is 7.02. The van der Waals surface area contributed by atoms with Gasteiger partial charge in [0, 0.05) is 15.5 Å². The van der Waals surface area contributed by atoms with Crippen LogP contribution >= 0.6 is 23.4 Å². The first-order valence-corrected chi connectivity index (χ1v) is 7.20. The van der Waals surface area contributed by atoms with Crippen LogP contribution in [0.2, 0.25) is 0 Å². The number of hydrogen-bond donors (Lipinski definition) is 1. The molecule has 0 aromatic heterocycles. The molecule has 0 fully saturated rings. The molecule has 5 heteroatoms. The fourth-order valence-electron chi connectivity index (χ4n) is 1.53. The minimum absolute atomic E-state index is 0.0538. The number of nitriles is 1. The number of benzene rings is 2. The lowest BCUT2D eigenvalue weighted by molar-refractivity contribution is -0.113. The van der Waals surface area contributed by atoms with Gasteiger partial charge in [-0.3, -0.25) is 4.79 Å². The molecule has 2 aromatic carbocycles. The summed E-state index contributed by atoms with van der Waals surface area (Å²) in [5.74, 6) is -0.277. The summed E-state index contributed by atoms with van der Waals surface area (Å²) in [4.78, 5) is 13.3. The Morgan fingerprint density at radius 3 is 2.15 bits per heavy atom. The van der Waals surface area contributed by atoms with Crippen molar-refractivity contribution in [3.8, 4) is 6.07 Å². The molecule has 100 valence electrons. The molecular weight excluding hydrogens is 292 g/mol. The highest BCUT2D eigenvalue weighted by molar-refractivity contribution is 7.99. The normalized spacial score (nSPS) is 9.80. The second-order valence-electron chi connectivity index (χ2n) is 3.94. The first-order valence-electron chi connectivity index (χ1n) is 5.85. The van der Waals surface area contributed by atoms with Crippen LogP contribution in [0.25, 0.3) is 0 Å². The third-order valence-electron chi connectivity index (χ3n) is 2.48. The van der Waals surface area contributed by atoms with Gasteiger partial charge in [0.2, 0.25) is 5.91 Å². The summed E-state index contributed by atoms with van der Waals surface area (Å²) in [6.45, 7) is 0. The molecule has 0 atom stereocenters. The first-order chi connectivity index (χ1) is 9.71. The third kappa shape index (κ3) is 4.02. The van der Waals surface area contributed by atoms with E-state index in [0.29, 0.717) is 5.56 Å². The number of hydrogen-bond acceptors (Lipinski definition) is 3. The van der Waals surface area contributed by atoms with Crippen LogP contribution in [-0.2, 0) is 4.79 Å². The van der Waals surface area contributed by atoms with Crippen LogP contribution in [0.15, 0.2) is 58.3 Å². The zero-order valence-corrected chi connectivity index (χ0v) is 12.0. The van der Waals surface area contributed by atoms with Gasteiger partial charge in [0.25, 0.3) is 0 Å². The summed E-state index contributed by atoms with van der Waals surface area (Å²) in [6.07, 6.45) is 0. The predicted molar refractivity (Wildman–Crippen MR) is 81.1 cm³/mol. The monoisotopic (exact) mass is 302 g/mol. The molecule has 1 N–H and O–H groups in total. The highest BCUT2D eigenvalue weighted by Crippen LogP contribution is 2.28. The number of carbonyl (C=O) groups excluding carboxylic acids is 1. The van der Waals surface area contributed by atoms with Crippen LogP contribution in [-0.4, -0.2) is 11.8 Å². The smallest absolute Gasteiger partial charge is 0.239 e. The maximum atomic E-state index is 11.1. The minimum Gasteiger partial charge on any atom is -0.325 e. The minimum atomic E-state index is -0.223. The van der Waals surface area contributed by atoms with E-state index in [4.69, 9.17) is 16.9 Å². The van der Waals surface area contributed by atoms with Crippen molar-refractivity contribution in [3.05, 3.63) is 54.1 Å². The number of alkyl halides is 1. The van der Waals surface area contributed by atoms with E-state index in [9.17, 15) is 4.79 Å². The van der Waals surface area contributed by atoms with Crippen molar-refractivity contribution in [3.63, 3.8) is 0 Å². The van der Waals surface area contributed by atoms with Gasteiger partial charge in [-0.2, -0.15) is 5.26 Å². The van der Waals surface area contributed by atoms with Gasteiger partial charge >= 0.3 is 0 Å². The van der Waals surface area contributed by atoms with Gasteiger partial charge in [0.05, 0.1) is 11.6 Å². The molecular formula is C15H11ClN2OS. The standard InChI is InChI=1S/C15H11ClN2OS/c16-9-15(19)18-12-3-7-14(8-4-12)20-13-5-1-11(10-17)2-6-13/h1-8H,9H2,(H,18,19). The lowest BCUT2D eigenvalue weighted by Crippen LogP contribution is -2.12. The number of anilines is 1. The Hall–Kier alpha value is -1.96. The van der Waals surface area contributed by atoms with Crippen LogP contribution < -0.4 is 5.32 Å². The quantitative estimate of drug-likeness (QED) is 0.872. The van der Waals surface area contributed by atoms with E-state index in [-0.39, 0.29) is 11.8 Å². The van der Waals surface area contributed by atoms with E-state index in [1.165, 1.54) is 0 Å². The van der Waals surface area contributed by atoms with Crippen LogP contribution in [0.3, 0.4) is 0 Å². The van der Waals surface area contributed by atoms with Gasteiger partial charge in [0.1, 0.15) is 5.88 Å². The molecule has 0 aliphatic heterocycles. The molecule has 2 aromatic rings. The number of carbonyl (C=O) groups is 1. The van der Waals surface area contributed by atoms with Crippen molar-refractivity contribution < 1.29 is 4.79 Å². The Morgan fingerprint density at radius 1 is 1.10 bits per heavy atom. The molecule has 0 aliphatic carbocycles. The van der Waals surface area contributed by atoms with Crippen LogP contribution in [0.1, 0.15) is 5.56 Å². The number of rotatable bonds is 4. The molecule has 0 spiro atoms.